The van der Waals surface area contributed by atoms with Gasteiger partial charge in [0.05, 0.1) is 0 Å². The van der Waals surface area contributed by atoms with E-state index in [-0.39, 0.29) is 5.56 Å². The molecule has 2 aromatic heterocycles. The van der Waals surface area contributed by atoms with Crippen LogP contribution in [0.3, 0.4) is 0 Å². The fourth-order valence-electron chi connectivity index (χ4n) is 2.11. The first-order valence-corrected chi connectivity index (χ1v) is 6.96. The highest BCUT2D eigenvalue weighted by molar-refractivity contribution is 7.12. The molecule has 19 heavy (non-hydrogen) atoms. The number of thiophene rings is 1. The molecule has 0 bridgehead atoms. The maximum Gasteiger partial charge on any atom is 0.263 e. The fraction of sp³-hybridized carbons (Fsp3) is 0.0625. The Balaban J connectivity index is 2.26. The zero-order valence-electron chi connectivity index (χ0n) is 10.5. The summed E-state index contributed by atoms with van der Waals surface area (Å²) in [5.41, 5.74) is 2.81. The van der Waals surface area contributed by atoms with Crippen LogP contribution in [0.5, 0.6) is 0 Å². The third-order valence-corrected chi connectivity index (χ3v) is 3.85. The van der Waals surface area contributed by atoms with Gasteiger partial charge in [-0.1, -0.05) is 30.3 Å². The Hall–Kier alpha value is -2.13. The molecular weight excluding hydrogens is 254 g/mol. The summed E-state index contributed by atoms with van der Waals surface area (Å²) in [7, 11) is 0. The third kappa shape index (κ3) is 2.25. The van der Waals surface area contributed by atoms with Gasteiger partial charge in [-0.3, -0.25) is 9.36 Å². The zero-order valence-corrected chi connectivity index (χ0v) is 11.4. The van der Waals surface area contributed by atoms with Crippen LogP contribution in [0.25, 0.3) is 16.1 Å². The molecule has 0 saturated carbocycles. The molecule has 0 spiro atoms. The van der Waals surface area contributed by atoms with Gasteiger partial charge in [0.2, 0.25) is 0 Å². The molecule has 0 atom stereocenters. The first-order valence-electron chi connectivity index (χ1n) is 6.08. The van der Waals surface area contributed by atoms with Gasteiger partial charge in [0.25, 0.3) is 5.56 Å². The first kappa shape index (κ1) is 11.9. The average Bonchev–Trinajstić information content (AvgIpc) is 2.96. The van der Waals surface area contributed by atoms with Crippen molar-refractivity contribution in [3.05, 3.63) is 76.0 Å². The highest BCUT2D eigenvalue weighted by atomic mass is 32.1. The van der Waals surface area contributed by atoms with Crippen LogP contribution in [0, 0.1) is 6.92 Å². The molecule has 1 aromatic carbocycles. The number of aryl methyl sites for hydroxylation is 1. The third-order valence-electron chi connectivity index (χ3n) is 2.98. The van der Waals surface area contributed by atoms with Crippen molar-refractivity contribution in [3.63, 3.8) is 0 Å². The zero-order chi connectivity index (χ0) is 13.2. The van der Waals surface area contributed by atoms with Crippen LogP contribution in [-0.4, -0.2) is 4.57 Å². The maximum absolute atomic E-state index is 12.6. The van der Waals surface area contributed by atoms with Crippen LogP contribution in [-0.2, 0) is 0 Å². The van der Waals surface area contributed by atoms with E-state index in [9.17, 15) is 4.79 Å². The lowest BCUT2D eigenvalue weighted by atomic mass is 10.1. The van der Waals surface area contributed by atoms with Crippen LogP contribution < -0.4 is 5.56 Å². The largest absolute Gasteiger partial charge is 0.274 e. The van der Waals surface area contributed by atoms with E-state index in [1.54, 1.807) is 15.9 Å². The molecule has 3 aromatic rings. The SMILES string of the molecule is Cc1cc(-c2ccccc2)c(=O)n(-c2cccs2)c1. The number of nitrogens with zero attached hydrogens (tertiary/aromatic N) is 1. The summed E-state index contributed by atoms with van der Waals surface area (Å²) < 4.78 is 1.72. The molecule has 3 rings (SSSR count). The molecule has 2 nitrogen and oxygen atoms in total. The Morgan fingerprint density at radius 2 is 1.84 bits per heavy atom. The molecule has 0 saturated heterocycles. The lowest BCUT2D eigenvalue weighted by Gasteiger charge is -2.08. The Morgan fingerprint density at radius 3 is 2.53 bits per heavy atom. The van der Waals surface area contributed by atoms with Crippen molar-refractivity contribution in [3.8, 4) is 16.1 Å². The maximum atomic E-state index is 12.6. The van der Waals surface area contributed by atoms with Crippen molar-refractivity contribution in [2.45, 2.75) is 6.92 Å². The normalized spacial score (nSPS) is 10.6. The van der Waals surface area contributed by atoms with Crippen LogP contribution in [0.1, 0.15) is 5.56 Å². The molecule has 0 unspecified atom stereocenters. The molecule has 0 aliphatic heterocycles. The lowest BCUT2D eigenvalue weighted by molar-refractivity contribution is 1.00. The van der Waals surface area contributed by atoms with E-state index in [4.69, 9.17) is 0 Å². The Labute approximate surface area is 115 Å². The summed E-state index contributed by atoms with van der Waals surface area (Å²) in [6, 6.07) is 15.7. The van der Waals surface area contributed by atoms with E-state index in [1.165, 1.54) is 0 Å². The predicted octanol–water partition coefficient (Wildman–Crippen LogP) is 3.87. The highest BCUT2D eigenvalue weighted by Gasteiger charge is 2.09. The van der Waals surface area contributed by atoms with Crippen molar-refractivity contribution in [1.82, 2.24) is 4.57 Å². The monoisotopic (exact) mass is 267 g/mol. The molecule has 3 heteroatoms. The van der Waals surface area contributed by atoms with Crippen LogP contribution in [0.4, 0.5) is 0 Å². The summed E-state index contributed by atoms with van der Waals surface area (Å²) >= 11 is 1.57. The Morgan fingerprint density at radius 1 is 1.05 bits per heavy atom. The first-order chi connectivity index (χ1) is 9.25. The molecule has 0 aliphatic carbocycles. The molecule has 2 heterocycles. The summed E-state index contributed by atoms with van der Waals surface area (Å²) in [6.07, 6.45) is 1.89. The van der Waals surface area contributed by atoms with Gasteiger partial charge in [0, 0.05) is 11.8 Å². The van der Waals surface area contributed by atoms with E-state index in [2.05, 4.69) is 0 Å². The quantitative estimate of drug-likeness (QED) is 0.690. The predicted molar refractivity (Wildman–Crippen MR) is 80.1 cm³/mol. The van der Waals surface area contributed by atoms with E-state index in [0.717, 1.165) is 21.7 Å². The number of hydrogen-bond donors (Lipinski definition) is 0. The van der Waals surface area contributed by atoms with Gasteiger partial charge in [-0.2, -0.15) is 0 Å². The van der Waals surface area contributed by atoms with Gasteiger partial charge >= 0.3 is 0 Å². The summed E-state index contributed by atoms with van der Waals surface area (Å²) in [6.45, 7) is 2.01. The van der Waals surface area contributed by atoms with E-state index < -0.39 is 0 Å². The minimum Gasteiger partial charge on any atom is -0.274 e. The summed E-state index contributed by atoms with van der Waals surface area (Å²) in [4.78, 5) is 12.6. The molecule has 0 radical (unpaired) electrons. The van der Waals surface area contributed by atoms with Crippen LogP contribution >= 0.6 is 11.3 Å². The van der Waals surface area contributed by atoms with Gasteiger partial charge in [-0.15, -0.1) is 11.3 Å². The summed E-state index contributed by atoms with van der Waals surface area (Å²) in [5, 5.41) is 2.93. The second-order valence-corrected chi connectivity index (χ2v) is 5.35. The number of hydrogen-bond acceptors (Lipinski definition) is 2. The smallest absolute Gasteiger partial charge is 0.263 e. The van der Waals surface area contributed by atoms with Crippen molar-refractivity contribution in [2.75, 3.05) is 0 Å². The number of rotatable bonds is 2. The number of aromatic nitrogens is 1. The molecule has 0 N–H and O–H groups in total. The fourth-order valence-corrected chi connectivity index (χ4v) is 2.82. The standard InChI is InChI=1S/C16H13NOS/c1-12-10-14(13-6-3-2-4-7-13)16(18)17(11-12)15-8-5-9-19-15/h2-11H,1H3. The highest BCUT2D eigenvalue weighted by Crippen LogP contribution is 2.19. The van der Waals surface area contributed by atoms with Crippen LogP contribution in [0.2, 0.25) is 0 Å². The number of pyridine rings is 1. The molecule has 94 valence electrons. The minimum absolute atomic E-state index is 0.0271. The van der Waals surface area contributed by atoms with Crippen molar-refractivity contribution < 1.29 is 0 Å². The van der Waals surface area contributed by atoms with Gasteiger partial charge in [0.1, 0.15) is 5.00 Å². The van der Waals surface area contributed by atoms with Crippen LogP contribution in [0.15, 0.2) is 64.9 Å². The Bertz CT molecular complexity index is 742. The second-order valence-electron chi connectivity index (χ2n) is 4.42. The number of benzene rings is 1. The minimum atomic E-state index is 0.0271. The van der Waals surface area contributed by atoms with Crippen molar-refractivity contribution in [2.24, 2.45) is 0 Å². The van der Waals surface area contributed by atoms with E-state index in [1.807, 2.05) is 67.0 Å². The average molecular weight is 267 g/mol. The van der Waals surface area contributed by atoms with Crippen molar-refractivity contribution >= 4 is 11.3 Å². The van der Waals surface area contributed by atoms with Gasteiger partial charge in [-0.25, -0.2) is 0 Å². The molecule has 0 aliphatic rings. The molecule has 0 fully saturated rings. The van der Waals surface area contributed by atoms with E-state index >= 15 is 0 Å². The lowest BCUT2D eigenvalue weighted by Crippen LogP contribution is -2.19. The van der Waals surface area contributed by atoms with Crippen molar-refractivity contribution in [1.29, 1.82) is 0 Å². The van der Waals surface area contributed by atoms with E-state index in [0.29, 0.717) is 0 Å². The summed E-state index contributed by atoms with van der Waals surface area (Å²) in [5.74, 6) is 0. The second kappa shape index (κ2) is 4.86. The van der Waals surface area contributed by atoms with Gasteiger partial charge in [-0.05, 0) is 41.6 Å². The molecular formula is C16H13NOS. The topological polar surface area (TPSA) is 22.0 Å². The van der Waals surface area contributed by atoms with Gasteiger partial charge in [0.15, 0.2) is 0 Å². The Kier molecular flexibility index (Phi) is 3.05. The van der Waals surface area contributed by atoms with Gasteiger partial charge < -0.3 is 0 Å². The molecule has 0 amide bonds.